The molecule has 1 fully saturated rings. The van der Waals surface area contributed by atoms with Gasteiger partial charge in [-0.15, -0.1) is 0 Å². The Morgan fingerprint density at radius 2 is 2.10 bits per heavy atom. The highest BCUT2D eigenvalue weighted by molar-refractivity contribution is 5.14. The van der Waals surface area contributed by atoms with Crippen LogP contribution in [0.25, 0.3) is 0 Å². The van der Waals surface area contributed by atoms with Gasteiger partial charge in [-0.25, -0.2) is 0 Å². The van der Waals surface area contributed by atoms with Gasteiger partial charge in [0.15, 0.2) is 0 Å². The highest BCUT2D eigenvalue weighted by Gasteiger charge is 2.42. The molecule has 3 atom stereocenters. The zero-order valence-electron chi connectivity index (χ0n) is 14.6. The van der Waals surface area contributed by atoms with Crippen LogP contribution in [0.2, 0.25) is 0 Å². The van der Waals surface area contributed by atoms with E-state index < -0.39 is 0 Å². The van der Waals surface area contributed by atoms with E-state index in [1.807, 2.05) is 0 Å². The number of hydrogen-bond donors (Lipinski definition) is 1. The summed E-state index contributed by atoms with van der Waals surface area (Å²) >= 11 is 0. The smallest absolute Gasteiger partial charge is 0.109 e. The fraction of sp³-hybridized carbons (Fsp3) is 0.944. The zero-order chi connectivity index (χ0) is 15.7. The molecule has 1 rings (SSSR count). The van der Waals surface area contributed by atoms with Crippen molar-refractivity contribution in [2.24, 2.45) is 5.92 Å². The summed E-state index contributed by atoms with van der Waals surface area (Å²) in [6, 6.07) is 3.27. The number of unbranched alkanes of at least 4 members (excludes halogenated alkanes) is 1. The van der Waals surface area contributed by atoms with Crippen LogP contribution in [0, 0.1) is 17.2 Å². The zero-order valence-corrected chi connectivity index (χ0v) is 14.6. The van der Waals surface area contributed by atoms with E-state index in [0.717, 1.165) is 25.9 Å². The van der Waals surface area contributed by atoms with Crippen LogP contribution in [0.15, 0.2) is 0 Å². The molecule has 0 spiro atoms. The Morgan fingerprint density at radius 1 is 1.33 bits per heavy atom. The largest absolute Gasteiger partial charge is 0.301 e. The lowest BCUT2D eigenvalue weighted by Gasteiger charge is -2.33. The summed E-state index contributed by atoms with van der Waals surface area (Å²) in [6.45, 7) is 12.2. The Labute approximate surface area is 132 Å². The lowest BCUT2D eigenvalue weighted by atomic mass is 9.85. The fourth-order valence-electron chi connectivity index (χ4n) is 3.70. The van der Waals surface area contributed by atoms with E-state index >= 15 is 0 Å². The molecule has 3 unspecified atom stereocenters. The highest BCUT2D eigenvalue weighted by Crippen LogP contribution is 2.37. The van der Waals surface area contributed by atoms with E-state index in [2.05, 4.69) is 44.0 Å². The lowest BCUT2D eigenvalue weighted by molar-refractivity contribution is 0.174. The first-order valence-electron chi connectivity index (χ1n) is 9.03. The first kappa shape index (κ1) is 18.5. The molecule has 0 bridgehead atoms. The second-order valence-corrected chi connectivity index (χ2v) is 6.64. The van der Waals surface area contributed by atoms with Crippen LogP contribution >= 0.6 is 0 Å². The van der Waals surface area contributed by atoms with E-state index in [9.17, 15) is 5.26 Å². The van der Waals surface area contributed by atoms with Crippen LogP contribution in [-0.4, -0.2) is 36.1 Å². The molecule has 0 aromatic carbocycles. The Bertz CT molecular complexity index is 323. The highest BCUT2D eigenvalue weighted by atomic mass is 15.1. The molecule has 0 aliphatic heterocycles. The van der Waals surface area contributed by atoms with Gasteiger partial charge >= 0.3 is 0 Å². The molecule has 122 valence electrons. The second-order valence-electron chi connectivity index (χ2n) is 6.64. The number of nitriles is 1. The van der Waals surface area contributed by atoms with Crippen molar-refractivity contribution in [3.8, 4) is 6.07 Å². The van der Waals surface area contributed by atoms with Crippen molar-refractivity contribution >= 4 is 0 Å². The molecule has 1 aliphatic carbocycles. The van der Waals surface area contributed by atoms with Crippen molar-refractivity contribution in [3.05, 3.63) is 0 Å². The lowest BCUT2D eigenvalue weighted by Crippen LogP contribution is -2.48. The molecule has 1 aliphatic rings. The van der Waals surface area contributed by atoms with Crippen LogP contribution < -0.4 is 5.32 Å². The molecule has 21 heavy (non-hydrogen) atoms. The Hall–Kier alpha value is -0.590. The Balaban J connectivity index is 2.59. The molecule has 0 amide bonds. The molecule has 1 saturated carbocycles. The maximum atomic E-state index is 9.65. The summed E-state index contributed by atoms with van der Waals surface area (Å²) in [7, 11) is 0. The molecule has 0 heterocycles. The van der Waals surface area contributed by atoms with Gasteiger partial charge in [-0.1, -0.05) is 33.6 Å². The summed E-state index contributed by atoms with van der Waals surface area (Å²) in [6.07, 6.45) is 8.35. The van der Waals surface area contributed by atoms with E-state index in [0.29, 0.717) is 12.0 Å². The van der Waals surface area contributed by atoms with Gasteiger partial charge in [0.2, 0.25) is 0 Å². The Kier molecular flexibility index (Phi) is 8.29. The summed E-state index contributed by atoms with van der Waals surface area (Å²) in [5.41, 5.74) is -0.249. The fourth-order valence-corrected chi connectivity index (χ4v) is 3.70. The van der Waals surface area contributed by atoms with Gasteiger partial charge in [-0.3, -0.25) is 5.32 Å². The van der Waals surface area contributed by atoms with Crippen molar-refractivity contribution in [1.82, 2.24) is 10.2 Å². The first-order chi connectivity index (χ1) is 10.1. The molecule has 3 nitrogen and oxygen atoms in total. The SMILES string of the molecule is CCCCN(CCC1CCCC1(C#N)NCC)C(C)CC. The normalized spacial score (nSPS) is 27.0. The summed E-state index contributed by atoms with van der Waals surface area (Å²) in [5, 5.41) is 13.1. The first-order valence-corrected chi connectivity index (χ1v) is 9.03. The van der Waals surface area contributed by atoms with Crippen molar-refractivity contribution < 1.29 is 0 Å². The van der Waals surface area contributed by atoms with Gasteiger partial charge in [-0.05, 0) is 64.6 Å². The maximum Gasteiger partial charge on any atom is 0.109 e. The van der Waals surface area contributed by atoms with Gasteiger partial charge in [0, 0.05) is 6.04 Å². The van der Waals surface area contributed by atoms with Crippen LogP contribution in [0.3, 0.4) is 0 Å². The molecule has 0 saturated heterocycles. The minimum absolute atomic E-state index is 0.249. The summed E-state index contributed by atoms with van der Waals surface area (Å²) in [5.74, 6) is 0.524. The van der Waals surface area contributed by atoms with Crippen molar-refractivity contribution in [2.75, 3.05) is 19.6 Å². The van der Waals surface area contributed by atoms with E-state index in [-0.39, 0.29) is 5.54 Å². The van der Waals surface area contributed by atoms with E-state index in [1.54, 1.807) is 0 Å². The minimum Gasteiger partial charge on any atom is -0.301 e. The molecule has 1 N–H and O–H groups in total. The monoisotopic (exact) mass is 293 g/mol. The summed E-state index contributed by atoms with van der Waals surface area (Å²) < 4.78 is 0. The van der Waals surface area contributed by atoms with Crippen LogP contribution in [-0.2, 0) is 0 Å². The predicted molar refractivity (Wildman–Crippen MR) is 90.2 cm³/mol. The average molecular weight is 293 g/mol. The maximum absolute atomic E-state index is 9.65. The summed E-state index contributed by atoms with van der Waals surface area (Å²) in [4.78, 5) is 2.63. The topological polar surface area (TPSA) is 39.1 Å². The molecule has 3 heteroatoms. The predicted octanol–water partition coefficient (Wildman–Crippen LogP) is 3.95. The molecule has 0 radical (unpaired) electrons. The van der Waals surface area contributed by atoms with E-state index in [4.69, 9.17) is 0 Å². The van der Waals surface area contributed by atoms with Crippen LogP contribution in [0.4, 0.5) is 0 Å². The third-order valence-corrected chi connectivity index (χ3v) is 5.29. The number of hydrogen-bond acceptors (Lipinski definition) is 3. The number of nitrogens with one attached hydrogen (secondary N) is 1. The molecule has 0 aromatic rings. The van der Waals surface area contributed by atoms with Gasteiger partial charge < -0.3 is 4.90 Å². The second kappa shape index (κ2) is 9.43. The van der Waals surface area contributed by atoms with Crippen molar-refractivity contribution in [2.45, 2.75) is 84.2 Å². The average Bonchev–Trinajstić information content (AvgIpc) is 2.90. The molecular formula is C18H35N3. The van der Waals surface area contributed by atoms with Gasteiger partial charge in [0.1, 0.15) is 5.54 Å². The minimum atomic E-state index is -0.249. The number of nitrogens with zero attached hydrogens (tertiary/aromatic N) is 2. The van der Waals surface area contributed by atoms with Crippen LogP contribution in [0.5, 0.6) is 0 Å². The Morgan fingerprint density at radius 3 is 2.67 bits per heavy atom. The standard InChI is InChI=1S/C18H35N3/c1-5-8-13-21(16(4)6-2)14-11-17-10-9-12-18(17,15-19)20-7-3/h16-17,20H,5-14H2,1-4H3. The molecule has 0 aromatic heterocycles. The van der Waals surface area contributed by atoms with Crippen molar-refractivity contribution in [1.29, 1.82) is 5.26 Å². The van der Waals surface area contributed by atoms with Gasteiger partial charge in [-0.2, -0.15) is 5.26 Å². The van der Waals surface area contributed by atoms with Gasteiger partial charge in [0.25, 0.3) is 0 Å². The van der Waals surface area contributed by atoms with E-state index in [1.165, 1.54) is 38.6 Å². The van der Waals surface area contributed by atoms with Crippen LogP contribution in [0.1, 0.15) is 72.6 Å². The van der Waals surface area contributed by atoms with Crippen molar-refractivity contribution in [3.63, 3.8) is 0 Å². The third-order valence-electron chi connectivity index (χ3n) is 5.29. The quantitative estimate of drug-likeness (QED) is 0.663. The molecular weight excluding hydrogens is 258 g/mol. The number of rotatable bonds is 10. The third kappa shape index (κ3) is 4.97. The van der Waals surface area contributed by atoms with Gasteiger partial charge in [0.05, 0.1) is 6.07 Å².